The van der Waals surface area contributed by atoms with Gasteiger partial charge in [0.25, 0.3) is 5.91 Å². The standard InChI is InChI=1S/C23H21ClN2O2S/c1-15-6-8-17(9-7-15)23(28)25-19-10-12-21(13-11-19)29-16(2)22(27)26-20-5-3-4-18(24)14-20/h3-14,16H,1-2H3,(H,25,28)(H,26,27). The second-order valence-electron chi connectivity index (χ2n) is 6.60. The smallest absolute Gasteiger partial charge is 0.255 e. The number of anilines is 2. The average Bonchev–Trinajstić information content (AvgIpc) is 2.70. The van der Waals surface area contributed by atoms with Crippen molar-refractivity contribution < 1.29 is 9.59 Å². The molecule has 3 aromatic rings. The molecule has 148 valence electrons. The van der Waals surface area contributed by atoms with E-state index in [0.717, 1.165) is 10.5 Å². The Bertz CT molecular complexity index is 1000. The molecule has 0 aliphatic rings. The van der Waals surface area contributed by atoms with Crippen LogP contribution in [-0.2, 0) is 4.79 Å². The SMILES string of the molecule is Cc1ccc(C(=O)Nc2ccc(SC(C)C(=O)Nc3cccc(Cl)c3)cc2)cc1. The number of rotatable bonds is 6. The van der Waals surface area contributed by atoms with E-state index in [9.17, 15) is 9.59 Å². The summed E-state index contributed by atoms with van der Waals surface area (Å²) in [6.45, 7) is 3.83. The third-order valence-corrected chi connectivity index (χ3v) is 5.55. The van der Waals surface area contributed by atoms with Crippen molar-refractivity contribution in [1.29, 1.82) is 0 Å². The summed E-state index contributed by atoms with van der Waals surface area (Å²) < 4.78 is 0. The van der Waals surface area contributed by atoms with Gasteiger partial charge in [-0.2, -0.15) is 0 Å². The van der Waals surface area contributed by atoms with Gasteiger partial charge >= 0.3 is 0 Å². The minimum absolute atomic E-state index is 0.103. The number of aryl methyl sites for hydroxylation is 1. The van der Waals surface area contributed by atoms with Crippen LogP contribution in [0.5, 0.6) is 0 Å². The Morgan fingerprint density at radius 1 is 0.897 bits per heavy atom. The van der Waals surface area contributed by atoms with E-state index in [1.54, 1.807) is 36.4 Å². The van der Waals surface area contributed by atoms with Crippen LogP contribution in [-0.4, -0.2) is 17.1 Å². The van der Waals surface area contributed by atoms with Crippen LogP contribution in [0.25, 0.3) is 0 Å². The van der Waals surface area contributed by atoms with Crippen LogP contribution in [0.1, 0.15) is 22.8 Å². The topological polar surface area (TPSA) is 58.2 Å². The van der Waals surface area contributed by atoms with Gasteiger partial charge in [-0.25, -0.2) is 0 Å². The molecule has 0 aliphatic heterocycles. The summed E-state index contributed by atoms with van der Waals surface area (Å²) in [5.41, 5.74) is 3.09. The normalized spacial score (nSPS) is 11.6. The largest absolute Gasteiger partial charge is 0.325 e. The number of halogens is 1. The van der Waals surface area contributed by atoms with E-state index < -0.39 is 0 Å². The Balaban J connectivity index is 1.56. The Morgan fingerprint density at radius 2 is 1.59 bits per heavy atom. The Kier molecular flexibility index (Phi) is 6.96. The third-order valence-electron chi connectivity index (χ3n) is 4.20. The van der Waals surface area contributed by atoms with E-state index in [1.165, 1.54) is 11.8 Å². The van der Waals surface area contributed by atoms with Gasteiger partial charge in [-0.3, -0.25) is 9.59 Å². The zero-order valence-electron chi connectivity index (χ0n) is 16.1. The minimum atomic E-state index is -0.290. The van der Waals surface area contributed by atoms with Crippen LogP contribution in [0, 0.1) is 6.92 Å². The van der Waals surface area contributed by atoms with Crippen molar-refractivity contribution in [2.24, 2.45) is 0 Å². The van der Waals surface area contributed by atoms with E-state index in [1.807, 2.05) is 50.2 Å². The highest BCUT2D eigenvalue weighted by Crippen LogP contribution is 2.26. The van der Waals surface area contributed by atoms with Crippen LogP contribution >= 0.6 is 23.4 Å². The van der Waals surface area contributed by atoms with Crippen molar-refractivity contribution in [2.75, 3.05) is 10.6 Å². The van der Waals surface area contributed by atoms with Gasteiger partial charge in [-0.05, 0) is 68.4 Å². The van der Waals surface area contributed by atoms with Gasteiger partial charge < -0.3 is 10.6 Å². The lowest BCUT2D eigenvalue weighted by Gasteiger charge is -2.13. The molecule has 0 saturated heterocycles. The van der Waals surface area contributed by atoms with Gasteiger partial charge in [-0.1, -0.05) is 35.4 Å². The molecule has 0 radical (unpaired) electrons. The highest BCUT2D eigenvalue weighted by Gasteiger charge is 2.15. The number of hydrogen-bond acceptors (Lipinski definition) is 3. The lowest BCUT2D eigenvalue weighted by molar-refractivity contribution is -0.115. The van der Waals surface area contributed by atoms with E-state index in [-0.39, 0.29) is 17.1 Å². The molecule has 3 rings (SSSR count). The maximum atomic E-state index is 12.4. The maximum Gasteiger partial charge on any atom is 0.255 e. The molecule has 0 aliphatic carbocycles. The van der Waals surface area contributed by atoms with Gasteiger partial charge in [-0.15, -0.1) is 11.8 Å². The molecular weight excluding hydrogens is 404 g/mol. The first kappa shape index (κ1) is 21.0. The first-order chi connectivity index (χ1) is 13.9. The lowest BCUT2D eigenvalue weighted by Crippen LogP contribution is -2.22. The van der Waals surface area contributed by atoms with Crippen LogP contribution in [0.2, 0.25) is 5.02 Å². The first-order valence-corrected chi connectivity index (χ1v) is 10.4. The number of benzene rings is 3. The highest BCUT2D eigenvalue weighted by molar-refractivity contribution is 8.00. The van der Waals surface area contributed by atoms with E-state index in [4.69, 9.17) is 11.6 Å². The molecule has 0 fully saturated rings. The van der Waals surface area contributed by atoms with Crippen molar-refractivity contribution in [3.63, 3.8) is 0 Å². The zero-order valence-corrected chi connectivity index (χ0v) is 17.7. The number of amides is 2. The Labute approximate surface area is 179 Å². The molecule has 0 aromatic heterocycles. The molecule has 0 saturated carbocycles. The molecule has 29 heavy (non-hydrogen) atoms. The molecule has 2 N–H and O–H groups in total. The fraction of sp³-hybridized carbons (Fsp3) is 0.130. The molecule has 2 amide bonds. The quantitative estimate of drug-likeness (QED) is 0.475. The molecule has 0 spiro atoms. The van der Waals surface area contributed by atoms with E-state index in [0.29, 0.717) is 22.0 Å². The number of nitrogens with one attached hydrogen (secondary N) is 2. The lowest BCUT2D eigenvalue weighted by atomic mass is 10.1. The summed E-state index contributed by atoms with van der Waals surface area (Å²) in [5.74, 6) is -0.256. The summed E-state index contributed by atoms with van der Waals surface area (Å²) in [6, 6.07) is 21.9. The molecule has 0 bridgehead atoms. The van der Waals surface area contributed by atoms with Crippen molar-refractivity contribution in [3.8, 4) is 0 Å². The van der Waals surface area contributed by atoms with Gasteiger partial charge in [0, 0.05) is 26.9 Å². The molecule has 1 unspecified atom stereocenters. The highest BCUT2D eigenvalue weighted by atomic mass is 35.5. The monoisotopic (exact) mass is 424 g/mol. The minimum Gasteiger partial charge on any atom is -0.325 e. The third kappa shape index (κ3) is 6.11. The van der Waals surface area contributed by atoms with Crippen molar-refractivity contribution in [2.45, 2.75) is 24.0 Å². The average molecular weight is 425 g/mol. The van der Waals surface area contributed by atoms with Crippen LogP contribution in [0.3, 0.4) is 0 Å². The zero-order chi connectivity index (χ0) is 20.8. The van der Waals surface area contributed by atoms with E-state index >= 15 is 0 Å². The summed E-state index contributed by atoms with van der Waals surface area (Å²) >= 11 is 7.39. The molecule has 3 aromatic carbocycles. The predicted octanol–water partition coefficient (Wildman–Crippen LogP) is 6.02. The maximum absolute atomic E-state index is 12.4. The molecule has 1 atom stereocenters. The summed E-state index contributed by atoms with van der Waals surface area (Å²) in [4.78, 5) is 25.6. The number of carbonyl (C=O) groups is 2. The number of thioether (sulfide) groups is 1. The fourth-order valence-electron chi connectivity index (χ4n) is 2.59. The van der Waals surface area contributed by atoms with Crippen LogP contribution in [0.15, 0.2) is 77.7 Å². The summed E-state index contributed by atoms with van der Waals surface area (Å²) in [5, 5.41) is 6.03. The predicted molar refractivity (Wildman–Crippen MR) is 121 cm³/mol. The summed E-state index contributed by atoms with van der Waals surface area (Å²) in [6.07, 6.45) is 0. The number of hydrogen-bond donors (Lipinski definition) is 2. The van der Waals surface area contributed by atoms with Crippen molar-refractivity contribution >= 4 is 46.6 Å². The van der Waals surface area contributed by atoms with Gasteiger partial charge in [0.1, 0.15) is 0 Å². The van der Waals surface area contributed by atoms with Crippen molar-refractivity contribution in [3.05, 3.63) is 88.9 Å². The molecule has 0 heterocycles. The Morgan fingerprint density at radius 3 is 2.24 bits per heavy atom. The van der Waals surface area contributed by atoms with E-state index in [2.05, 4.69) is 10.6 Å². The second kappa shape index (κ2) is 9.63. The number of carbonyl (C=O) groups excluding carboxylic acids is 2. The fourth-order valence-corrected chi connectivity index (χ4v) is 3.65. The van der Waals surface area contributed by atoms with Crippen LogP contribution in [0.4, 0.5) is 11.4 Å². The van der Waals surface area contributed by atoms with Crippen molar-refractivity contribution in [1.82, 2.24) is 0 Å². The van der Waals surface area contributed by atoms with Gasteiger partial charge in [0.2, 0.25) is 5.91 Å². The molecule has 4 nitrogen and oxygen atoms in total. The molecule has 6 heteroatoms. The Hall–Kier alpha value is -2.76. The molecular formula is C23H21ClN2O2S. The van der Waals surface area contributed by atoms with Gasteiger partial charge in [0.05, 0.1) is 5.25 Å². The summed E-state index contributed by atoms with van der Waals surface area (Å²) in [7, 11) is 0. The van der Waals surface area contributed by atoms with Crippen LogP contribution < -0.4 is 10.6 Å². The first-order valence-electron chi connectivity index (χ1n) is 9.12. The van der Waals surface area contributed by atoms with Gasteiger partial charge in [0.15, 0.2) is 0 Å². The second-order valence-corrected chi connectivity index (χ2v) is 8.45.